The highest BCUT2D eigenvalue weighted by Gasteiger charge is 2.30. The summed E-state index contributed by atoms with van der Waals surface area (Å²) >= 11 is 1.45. The molecule has 0 spiro atoms. The summed E-state index contributed by atoms with van der Waals surface area (Å²) in [4.78, 5) is 4.26. The van der Waals surface area contributed by atoms with Crippen molar-refractivity contribution in [2.45, 2.75) is 24.9 Å². The van der Waals surface area contributed by atoms with Gasteiger partial charge in [-0.05, 0) is 36.5 Å². The Kier molecular flexibility index (Phi) is 2.00. The first-order chi connectivity index (χ1) is 7.24. The summed E-state index contributed by atoms with van der Waals surface area (Å²) in [6.07, 6.45) is 1.25. The Morgan fingerprint density at radius 1 is 1.40 bits per heavy atom. The van der Waals surface area contributed by atoms with E-state index in [1.54, 1.807) is 11.6 Å². The molecular formula is C11H10FNOS. The largest absolute Gasteiger partial charge is 0.393 e. The van der Waals surface area contributed by atoms with Crippen molar-refractivity contribution in [2.75, 3.05) is 0 Å². The fourth-order valence-electron chi connectivity index (χ4n) is 2.11. The predicted molar refractivity (Wildman–Crippen MR) is 57.6 cm³/mol. The maximum absolute atomic E-state index is 13.3. The molecule has 0 radical (unpaired) electrons. The van der Waals surface area contributed by atoms with E-state index < -0.39 is 0 Å². The van der Waals surface area contributed by atoms with E-state index in [0.29, 0.717) is 0 Å². The van der Waals surface area contributed by atoms with E-state index in [4.69, 9.17) is 0 Å². The van der Waals surface area contributed by atoms with Gasteiger partial charge in [-0.25, -0.2) is 9.37 Å². The Bertz CT molecular complexity index is 504. The molecule has 1 aromatic heterocycles. The number of nitrogens with zero attached hydrogens (tertiary/aromatic N) is 1. The topological polar surface area (TPSA) is 33.1 Å². The number of rotatable bonds is 1. The molecule has 0 aliphatic heterocycles. The number of hydrogen-bond acceptors (Lipinski definition) is 3. The molecular weight excluding hydrogens is 213 g/mol. The van der Waals surface area contributed by atoms with Gasteiger partial charge in [-0.15, -0.1) is 11.3 Å². The summed E-state index contributed by atoms with van der Waals surface area (Å²) in [5.74, 6) is 0.0726. The Balaban J connectivity index is 2.12. The first-order valence-corrected chi connectivity index (χ1v) is 5.82. The van der Waals surface area contributed by atoms with Gasteiger partial charge in [-0.2, -0.15) is 0 Å². The maximum Gasteiger partial charge on any atom is 0.125 e. The standard InChI is InChI=1S/C11H10FNOS/c12-7-3-9(6-1-8(14)2-6)11-10(4-7)15-5-13-11/h3-6,8,14H,1-2H2/t6-,8-. The smallest absolute Gasteiger partial charge is 0.125 e. The lowest BCUT2D eigenvalue weighted by Crippen LogP contribution is -2.26. The van der Waals surface area contributed by atoms with Crippen LogP contribution in [-0.2, 0) is 0 Å². The zero-order valence-electron chi connectivity index (χ0n) is 7.98. The Morgan fingerprint density at radius 2 is 2.20 bits per heavy atom. The molecule has 1 aliphatic rings. The minimum absolute atomic E-state index is 0.205. The van der Waals surface area contributed by atoms with Crippen LogP contribution in [-0.4, -0.2) is 16.2 Å². The minimum atomic E-state index is -0.216. The molecule has 1 heterocycles. The molecule has 4 heteroatoms. The predicted octanol–water partition coefficient (Wildman–Crippen LogP) is 2.67. The molecule has 1 N–H and O–H groups in total. The third-order valence-electron chi connectivity index (χ3n) is 2.98. The van der Waals surface area contributed by atoms with E-state index in [0.717, 1.165) is 28.6 Å². The lowest BCUT2D eigenvalue weighted by Gasteiger charge is -2.31. The van der Waals surface area contributed by atoms with Crippen molar-refractivity contribution in [3.8, 4) is 0 Å². The van der Waals surface area contributed by atoms with Crippen LogP contribution in [0, 0.1) is 5.82 Å². The molecule has 0 amide bonds. The molecule has 2 aromatic rings. The number of benzene rings is 1. The molecule has 1 fully saturated rings. The second-order valence-corrected chi connectivity index (χ2v) is 4.90. The van der Waals surface area contributed by atoms with Gasteiger partial charge in [0, 0.05) is 0 Å². The van der Waals surface area contributed by atoms with Gasteiger partial charge in [0.05, 0.1) is 21.8 Å². The van der Waals surface area contributed by atoms with E-state index in [9.17, 15) is 9.50 Å². The van der Waals surface area contributed by atoms with E-state index in [1.165, 1.54) is 17.4 Å². The molecule has 0 bridgehead atoms. The summed E-state index contributed by atoms with van der Waals surface area (Å²) in [6, 6.07) is 3.07. The van der Waals surface area contributed by atoms with Crippen LogP contribution in [0.4, 0.5) is 4.39 Å². The van der Waals surface area contributed by atoms with Crippen LogP contribution in [0.5, 0.6) is 0 Å². The fourth-order valence-corrected chi connectivity index (χ4v) is 2.85. The fraction of sp³-hybridized carbons (Fsp3) is 0.364. The van der Waals surface area contributed by atoms with Gasteiger partial charge < -0.3 is 5.11 Å². The van der Waals surface area contributed by atoms with Crippen molar-refractivity contribution in [1.29, 1.82) is 0 Å². The van der Waals surface area contributed by atoms with Crippen molar-refractivity contribution in [3.05, 3.63) is 29.0 Å². The highest BCUT2D eigenvalue weighted by Crippen LogP contribution is 2.40. The number of thiazole rings is 1. The van der Waals surface area contributed by atoms with Crippen LogP contribution in [0.1, 0.15) is 24.3 Å². The SMILES string of the molecule is O[C@H]1C[C@H](c2cc(F)cc3scnc32)C1. The molecule has 2 nitrogen and oxygen atoms in total. The van der Waals surface area contributed by atoms with E-state index in [2.05, 4.69) is 4.98 Å². The first kappa shape index (κ1) is 9.24. The normalized spacial score (nSPS) is 25.5. The first-order valence-electron chi connectivity index (χ1n) is 4.95. The number of fused-ring (bicyclic) bond motifs is 1. The highest BCUT2D eigenvalue weighted by atomic mass is 32.1. The molecule has 1 aromatic carbocycles. The third-order valence-corrected chi connectivity index (χ3v) is 3.76. The van der Waals surface area contributed by atoms with Crippen LogP contribution in [0.15, 0.2) is 17.6 Å². The van der Waals surface area contributed by atoms with Crippen LogP contribution in [0.25, 0.3) is 10.2 Å². The van der Waals surface area contributed by atoms with Gasteiger partial charge in [0.1, 0.15) is 5.82 Å². The summed E-state index contributed by atoms with van der Waals surface area (Å²) < 4.78 is 14.2. The molecule has 1 aliphatic carbocycles. The zero-order valence-corrected chi connectivity index (χ0v) is 8.80. The van der Waals surface area contributed by atoms with Gasteiger partial charge in [0.2, 0.25) is 0 Å². The summed E-state index contributed by atoms with van der Waals surface area (Å²) in [7, 11) is 0. The molecule has 3 rings (SSSR count). The van der Waals surface area contributed by atoms with Crippen LogP contribution in [0.2, 0.25) is 0 Å². The quantitative estimate of drug-likeness (QED) is 0.806. The monoisotopic (exact) mass is 223 g/mol. The number of aliphatic hydroxyl groups excluding tert-OH is 1. The average molecular weight is 223 g/mol. The van der Waals surface area contributed by atoms with Crippen molar-refractivity contribution in [1.82, 2.24) is 4.98 Å². The van der Waals surface area contributed by atoms with Crippen LogP contribution >= 0.6 is 11.3 Å². The Morgan fingerprint density at radius 3 is 2.93 bits per heavy atom. The molecule has 0 atom stereocenters. The van der Waals surface area contributed by atoms with Crippen LogP contribution in [0.3, 0.4) is 0 Å². The second-order valence-electron chi connectivity index (χ2n) is 4.02. The summed E-state index contributed by atoms with van der Waals surface area (Å²) in [6.45, 7) is 0. The maximum atomic E-state index is 13.3. The summed E-state index contributed by atoms with van der Waals surface area (Å²) in [5, 5.41) is 9.26. The molecule has 15 heavy (non-hydrogen) atoms. The third kappa shape index (κ3) is 1.44. The highest BCUT2D eigenvalue weighted by molar-refractivity contribution is 7.16. The molecule has 0 saturated heterocycles. The number of hydrogen-bond donors (Lipinski definition) is 1. The number of halogens is 1. The van der Waals surface area contributed by atoms with Crippen LogP contribution < -0.4 is 0 Å². The molecule has 1 saturated carbocycles. The summed E-state index contributed by atoms with van der Waals surface area (Å²) in [5.41, 5.74) is 3.60. The zero-order chi connectivity index (χ0) is 10.4. The number of aromatic nitrogens is 1. The Labute approximate surface area is 90.4 Å². The van der Waals surface area contributed by atoms with E-state index >= 15 is 0 Å². The second kappa shape index (κ2) is 3.25. The molecule has 78 valence electrons. The van der Waals surface area contributed by atoms with Crippen molar-refractivity contribution in [3.63, 3.8) is 0 Å². The van der Waals surface area contributed by atoms with Crippen molar-refractivity contribution < 1.29 is 9.50 Å². The van der Waals surface area contributed by atoms with Gasteiger partial charge >= 0.3 is 0 Å². The van der Waals surface area contributed by atoms with Gasteiger partial charge in [0.15, 0.2) is 0 Å². The van der Waals surface area contributed by atoms with Gasteiger partial charge in [-0.3, -0.25) is 0 Å². The van der Waals surface area contributed by atoms with Gasteiger partial charge in [0.25, 0.3) is 0 Å². The lowest BCUT2D eigenvalue weighted by molar-refractivity contribution is 0.0750. The average Bonchev–Trinajstić information content (AvgIpc) is 2.59. The van der Waals surface area contributed by atoms with E-state index in [1.807, 2.05) is 0 Å². The Hall–Kier alpha value is -1.00. The van der Waals surface area contributed by atoms with E-state index in [-0.39, 0.29) is 17.8 Å². The van der Waals surface area contributed by atoms with Crippen molar-refractivity contribution in [2.24, 2.45) is 0 Å². The van der Waals surface area contributed by atoms with Gasteiger partial charge in [-0.1, -0.05) is 0 Å². The van der Waals surface area contributed by atoms with Crippen molar-refractivity contribution >= 4 is 21.6 Å². The lowest BCUT2D eigenvalue weighted by atomic mass is 9.77. The number of aliphatic hydroxyl groups is 1. The minimum Gasteiger partial charge on any atom is -0.393 e. The molecule has 0 unspecified atom stereocenters.